The van der Waals surface area contributed by atoms with Crippen molar-refractivity contribution in [2.24, 2.45) is 0 Å². The van der Waals surface area contributed by atoms with Gasteiger partial charge in [0.05, 0.1) is 4.90 Å². The molecule has 1 fully saturated rings. The standard InChI is InChI=1S/C21H24N2O5S/c24-21(22-14-17-5-9-19-20(13-17)28-15-27-19)10-6-16-3-7-18(8-4-16)29(25,26)23-11-1-2-12-23/h3-5,7-9,13H,1-2,6,10-12,14-15H2,(H,22,24). The number of sulfonamides is 1. The van der Waals surface area contributed by atoms with Crippen molar-refractivity contribution in [1.82, 2.24) is 9.62 Å². The molecule has 0 aliphatic carbocycles. The van der Waals surface area contributed by atoms with E-state index in [1.807, 2.05) is 18.2 Å². The molecule has 1 N–H and O–H groups in total. The third-order valence-electron chi connectivity index (χ3n) is 5.19. The van der Waals surface area contributed by atoms with Crippen LogP contribution >= 0.6 is 0 Å². The molecule has 2 aromatic rings. The molecule has 2 aliphatic rings. The van der Waals surface area contributed by atoms with Gasteiger partial charge in [0.1, 0.15) is 0 Å². The summed E-state index contributed by atoms with van der Waals surface area (Å²) in [5, 5.41) is 2.90. The van der Waals surface area contributed by atoms with Gasteiger partial charge in [0.25, 0.3) is 0 Å². The van der Waals surface area contributed by atoms with Crippen LogP contribution < -0.4 is 14.8 Å². The third kappa shape index (κ3) is 4.54. The number of carbonyl (C=O) groups excluding carboxylic acids is 1. The van der Waals surface area contributed by atoms with Crippen LogP contribution in [0.5, 0.6) is 11.5 Å². The number of ether oxygens (including phenoxy) is 2. The maximum Gasteiger partial charge on any atom is 0.243 e. The number of hydrogen-bond donors (Lipinski definition) is 1. The molecule has 7 nitrogen and oxygen atoms in total. The number of benzene rings is 2. The molecule has 0 spiro atoms. The van der Waals surface area contributed by atoms with E-state index in [0.29, 0.717) is 43.1 Å². The van der Waals surface area contributed by atoms with Crippen LogP contribution in [0.4, 0.5) is 0 Å². The minimum Gasteiger partial charge on any atom is -0.454 e. The average Bonchev–Trinajstić information content (AvgIpc) is 3.42. The van der Waals surface area contributed by atoms with Gasteiger partial charge in [0.15, 0.2) is 11.5 Å². The highest BCUT2D eigenvalue weighted by Gasteiger charge is 2.26. The van der Waals surface area contributed by atoms with E-state index >= 15 is 0 Å². The van der Waals surface area contributed by atoms with E-state index in [0.717, 1.165) is 29.7 Å². The van der Waals surface area contributed by atoms with E-state index in [9.17, 15) is 13.2 Å². The molecule has 1 saturated heterocycles. The van der Waals surface area contributed by atoms with Crippen molar-refractivity contribution < 1.29 is 22.7 Å². The highest BCUT2D eigenvalue weighted by Crippen LogP contribution is 2.32. The number of amides is 1. The Morgan fingerprint density at radius 3 is 2.41 bits per heavy atom. The van der Waals surface area contributed by atoms with Crippen LogP contribution in [0.1, 0.15) is 30.4 Å². The highest BCUT2D eigenvalue weighted by molar-refractivity contribution is 7.89. The highest BCUT2D eigenvalue weighted by atomic mass is 32.2. The van der Waals surface area contributed by atoms with Gasteiger partial charge in [0.2, 0.25) is 22.7 Å². The molecule has 0 bridgehead atoms. The fourth-order valence-electron chi connectivity index (χ4n) is 3.50. The van der Waals surface area contributed by atoms with E-state index in [-0.39, 0.29) is 12.7 Å². The van der Waals surface area contributed by atoms with Gasteiger partial charge in [-0.25, -0.2) is 8.42 Å². The maximum atomic E-state index is 12.5. The van der Waals surface area contributed by atoms with Gasteiger partial charge in [-0.15, -0.1) is 0 Å². The minimum atomic E-state index is -3.40. The molecule has 0 saturated carbocycles. The van der Waals surface area contributed by atoms with E-state index in [2.05, 4.69) is 5.32 Å². The number of nitrogens with zero attached hydrogens (tertiary/aromatic N) is 1. The minimum absolute atomic E-state index is 0.0589. The summed E-state index contributed by atoms with van der Waals surface area (Å²) in [5.41, 5.74) is 1.88. The topological polar surface area (TPSA) is 84.9 Å². The van der Waals surface area contributed by atoms with Crippen molar-refractivity contribution in [2.45, 2.75) is 37.1 Å². The summed E-state index contributed by atoms with van der Waals surface area (Å²) < 4.78 is 37.2. The normalized spacial score (nSPS) is 16.1. The third-order valence-corrected chi connectivity index (χ3v) is 7.11. The fraction of sp³-hybridized carbons (Fsp3) is 0.381. The van der Waals surface area contributed by atoms with Crippen LogP contribution in [0.25, 0.3) is 0 Å². The largest absolute Gasteiger partial charge is 0.454 e. The molecule has 8 heteroatoms. The number of nitrogens with one attached hydrogen (secondary N) is 1. The van der Waals surface area contributed by atoms with Crippen molar-refractivity contribution >= 4 is 15.9 Å². The summed E-state index contributed by atoms with van der Waals surface area (Å²) in [6, 6.07) is 12.4. The van der Waals surface area contributed by atoms with Crippen molar-refractivity contribution in [3.05, 3.63) is 53.6 Å². The first-order valence-electron chi connectivity index (χ1n) is 9.77. The van der Waals surface area contributed by atoms with Crippen LogP contribution in [0.15, 0.2) is 47.4 Å². The van der Waals surface area contributed by atoms with Gasteiger partial charge in [-0.3, -0.25) is 4.79 Å². The van der Waals surface area contributed by atoms with Crippen molar-refractivity contribution in [2.75, 3.05) is 19.9 Å². The molecule has 1 amide bonds. The van der Waals surface area contributed by atoms with E-state index in [4.69, 9.17) is 9.47 Å². The number of aryl methyl sites for hydroxylation is 1. The van der Waals surface area contributed by atoms with E-state index in [1.54, 1.807) is 24.3 Å². The van der Waals surface area contributed by atoms with Crippen LogP contribution in [0.3, 0.4) is 0 Å². The first-order chi connectivity index (χ1) is 14.0. The van der Waals surface area contributed by atoms with Gasteiger partial charge in [-0.05, 0) is 54.7 Å². The molecule has 0 radical (unpaired) electrons. The summed E-state index contributed by atoms with van der Waals surface area (Å²) in [5.74, 6) is 1.35. The molecular weight excluding hydrogens is 392 g/mol. The fourth-order valence-corrected chi connectivity index (χ4v) is 5.02. The SMILES string of the molecule is O=C(CCc1ccc(S(=O)(=O)N2CCCC2)cc1)NCc1ccc2c(c1)OCO2. The lowest BCUT2D eigenvalue weighted by atomic mass is 10.1. The molecule has 0 aromatic heterocycles. The summed E-state index contributed by atoms with van der Waals surface area (Å²) in [6.45, 7) is 1.83. The number of carbonyl (C=O) groups is 1. The Bertz CT molecular complexity index is 983. The Kier molecular flexibility index (Phi) is 5.73. The monoisotopic (exact) mass is 416 g/mol. The first-order valence-corrected chi connectivity index (χ1v) is 11.2. The first kappa shape index (κ1) is 19.7. The van der Waals surface area contributed by atoms with Gasteiger partial charge < -0.3 is 14.8 Å². The zero-order valence-electron chi connectivity index (χ0n) is 16.1. The van der Waals surface area contributed by atoms with Crippen LogP contribution in [0, 0.1) is 0 Å². The summed E-state index contributed by atoms with van der Waals surface area (Å²) in [6.07, 6.45) is 2.72. The molecular formula is C21H24N2O5S. The second kappa shape index (κ2) is 8.42. The van der Waals surface area contributed by atoms with Gasteiger partial charge in [-0.1, -0.05) is 18.2 Å². The predicted octanol–water partition coefficient (Wildman–Crippen LogP) is 2.45. The van der Waals surface area contributed by atoms with Crippen molar-refractivity contribution in [3.8, 4) is 11.5 Å². The number of rotatable bonds is 7. The molecule has 2 aliphatic heterocycles. The Hall–Kier alpha value is -2.58. The average molecular weight is 416 g/mol. The molecule has 0 atom stereocenters. The van der Waals surface area contributed by atoms with Crippen molar-refractivity contribution in [1.29, 1.82) is 0 Å². The zero-order chi connectivity index (χ0) is 20.3. The molecule has 2 aromatic carbocycles. The second-order valence-electron chi connectivity index (χ2n) is 7.22. The van der Waals surface area contributed by atoms with Gasteiger partial charge >= 0.3 is 0 Å². The molecule has 2 heterocycles. The molecule has 29 heavy (non-hydrogen) atoms. The van der Waals surface area contributed by atoms with Gasteiger partial charge in [0, 0.05) is 26.1 Å². The lowest BCUT2D eigenvalue weighted by molar-refractivity contribution is -0.121. The zero-order valence-corrected chi connectivity index (χ0v) is 16.9. The van der Waals surface area contributed by atoms with E-state index in [1.165, 1.54) is 4.31 Å². The summed E-state index contributed by atoms with van der Waals surface area (Å²) in [4.78, 5) is 12.5. The van der Waals surface area contributed by atoms with Crippen LogP contribution in [-0.2, 0) is 27.8 Å². The van der Waals surface area contributed by atoms with Crippen molar-refractivity contribution in [3.63, 3.8) is 0 Å². The number of hydrogen-bond acceptors (Lipinski definition) is 5. The lowest BCUT2D eigenvalue weighted by Gasteiger charge is -2.15. The summed E-state index contributed by atoms with van der Waals surface area (Å²) >= 11 is 0. The molecule has 4 rings (SSSR count). The molecule has 154 valence electrons. The van der Waals surface area contributed by atoms with Gasteiger partial charge in [-0.2, -0.15) is 4.31 Å². The van der Waals surface area contributed by atoms with Crippen LogP contribution in [-0.4, -0.2) is 38.5 Å². The number of fused-ring (bicyclic) bond motifs is 1. The Labute approximate surface area is 170 Å². The van der Waals surface area contributed by atoms with E-state index < -0.39 is 10.0 Å². The maximum absolute atomic E-state index is 12.5. The predicted molar refractivity (Wildman–Crippen MR) is 107 cm³/mol. The Morgan fingerprint density at radius 1 is 0.966 bits per heavy atom. The lowest BCUT2D eigenvalue weighted by Crippen LogP contribution is -2.27. The molecule has 0 unspecified atom stereocenters. The summed E-state index contributed by atoms with van der Waals surface area (Å²) in [7, 11) is -3.40. The van der Waals surface area contributed by atoms with Crippen LogP contribution in [0.2, 0.25) is 0 Å². The smallest absolute Gasteiger partial charge is 0.243 e. The Balaban J connectivity index is 1.27. The second-order valence-corrected chi connectivity index (χ2v) is 9.16. The Morgan fingerprint density at radius 2 is 1.66 bits per heavy atom. The quantitative estimate of drug-likeness (QED) is 0.749.